The van der Waals surface area contributed by atoms with Crippen LogP contribution in [0, 0.1) is 11.8 Å². The molecule has 2 atom stereocenters. The van der Waals surface area contributed by atoms with E-state index >= 15 is 0 Å². The third kappa shape index (κ3) is 10.2. The molecule has 0 N–H and O–H groups in total. The van der Waals surface area contributed by atoms with Gasteiger partial charge in [-0.1, -0.05) is 27.7 Å². The van der Waals surface area contributed by atoms with Gasteiger partial charge in [-0.2, -0.15) is 0 Å². The topological polar surface area (TPSA) is 71.1 Å². The Bertz CT molecular complexity index is 393. The Hall–Kier alpha value is -1.46. The molecule has 0 aromatic carbocycles. The normalized spacial score (nSPS) is 20.4. The number of hydrogen-bond acceptors (Lipinski definition) is 6. The predicted octanol–water partition coefficient (Wildman–Crippen LogP) is 5.09. The molecule has 0 aromatic heterocycles. The maximum absolute atomic E-state index is 11.8. The quantitative estimate of drug-likeness (QED) is 0.422. The Morgan fingerprint density at radius 1 is 0.800 bits per heavy atom. The summed E-state index contributed by atoms with van der Waals surface area (Å²) in [5.41, 5.74) is 0. The van der Waals surface area contributed by atoms with Crippen molar-refractivity contribution in [1.82, 2.24) is 0 Å². The van der Waals surface area contributed by atoms with E-state index in [1.165, 1.54) is 0 Å². The van der Waals surface area contributed by atoms with Gasteiger partial charge >= 0.3 is 12.3 Å². The Morgan fingerprint density at radius 2 is 1.28 bits per heavy atom. The highest BCUT2D eigenvalue weighted by molar-refractivity contribution is 5.61. The molecule has 6 nitrogen and oxygen atoms in total. The monoisotopic (exact) mass is 358 g/mol. The van der Waals surface area contributed by atoms with Gasteiger partial charge < -0.3 is 18.9 Å². The maximum atomic E-state index is 11.8. The molecule has 0 saturated heterocycles. The van der Waals surface area contributed by atoms with E-state index in [9.17, 15) is 9.59 Å². The molecule has 1 fully saturated rings. The fourth-order valence-electron chi connectivity index (χ4n) is 2.67. The van der Waals surface area contributed by atoms with Crippen LogP contribution < -0.4 is 0 Å². The van der Waals surface area contributed by atoms with Crippen molar-refractivity contribution in [3.63, 3.8) is 0 Å². The lowest BCUT2D eigenvalue weighted by molar-refractivity contribution is -0.0716. The first-order valence-electron chi connectivity index (χ1n) is 9.55. The average molecular weight is 358 g/mol. The van der Waals surface area contributed by atoms with E-state index in [1.807, 2.05) is 0 Å². The van der Waals surface area contributed by atoms with Gasteiger partial charge in [-0.3, -0.25) is 0 Å². The first-order chi connectivity index (χ1) is 11.9. The number of ether oxygens (including phenoxy) is 4. The lowest BCUT2D eigenvalue weighted by Crippen LogP contribution is -2.38. The van der Waals surface area contributed by atoms with Crippen LogP contribution in [-0.2, 0) is 18.9 Å². The van der Waals surface area contributed by atoms with Gasteiger partial charge in [0, 0.05) is 0 Å². The SMILES string of the molecule is CC(C)CCCOC(=O)OC1CCCCC1OC(=O)OCCC(C)C. The molecule has 0 amide bonds. The molecule has 0 aromatic rings. The lowest BCUT2D eigenvalue weighted by atomic mass is 9.95. The Kier molecular flexibility index (Phi) is 10.3. The number of rotatable bonds is 9. The molecule has 0 bridgehead atoms. The number of carbonyl (C=O) groups excluding carboxylic acids is 2. The van der Waals surface area contributed by atoms with Gasteiger partial charge in [0.15, 0.2) is 0 Å². The van der Waals surface area contributed by atoms with Crippen LogP contribution in [0.4, 0.5) is 9.59 Å². The highest BCUT2D eigenvalue weighted by Gasteiger charge is 2.32. The van der Waals surface area contributed by atoms with Crippen molar-refractivity contribution in [2.45, 2.75) is 84.8 Å². The van der Waals surface area contributed by atoms with E-state index < -0.39 is 24.5 Å². The maximum Gasteiger partial charge on any atom is 0.508 e. The fourth-order valence-corrected chi connectivity index (χ4v) is 2.67. The molecular formula is C19H34O6. The van der Waals surface area contributed by atoms with Gasteiger partial charge in [-0.25, -0.2) is 9.59 Å². The molecule has 25 heavy (non-hydrogen) atoms. The summed E-state index contributed by atoms with van der Waals surface area (Å²) in [6, 6.07) is 0. The van der Waals surface area contributed by atoms with Crippen LogP contribution >= 0.6 is 0 Å². The third-order valence-electron chi connectivity index (χ3n) is 4.20. The van der Waals surface area contributed by atoms with Gasteiger partial charge in [0.05, 0.1) is 13.2 Å². The van der Waals surface area contributed by atoms with Crippen molar-refractivity contribution in [3.8, 4) is 0 Å². The smallest absolute Gasteiger partial charge is 0.434 e. The molecule has 6 heteroatoms. The standard InChI is InChI=1S/C19H34O6/c1-14(2)8-7-12-22-18(20)24-16-9-5-6-10-17(16)25-19(21)23-13-11-15(3)4/h14-17H,5-13H2,1-4H3. The summed E-state index contributed by atoms with van der Waals surface area (Å²) in [6.45, 7) is 9.07. The molecule has 0 spiro atoms. The zero-order valence-corrected chi connectivity index (χ0v) is 16.1. The second kappa shape index (κ2) is 12.0. The minimum absolute atomic E-state index is 0.340. The zero-order chi connectivity index (χ0) is 18.7. The summed E-state index contributed by atoms with van der Waals surface area (Å²) in [6.07, 6.45) is 3.56. The van der Waals surface area contributed by atoms with Crippen LogP contribution in [0.25, 0.3) is 0 Å². The van der Waals surface area contributed by atoms with Crippen LogP contribution in [0.15, 0.2) is 0 Å². The number of carbonyl (C=O) groups is 2. The summed E-state index contributed by atoms with van der Waals surface area (Å²) in [7, 11) is 0. The Morgan fingerprint density at radius 3 is 1.76 bits per heavy atom. The van der Waals surface area contributed by atoms with Gasteiger partial charge in [0.1, 0.15) is 12.2 Å². The molecule has 1 aliphatic rings. The second-order valence-electron chi connectivity index (χ2n) is 7.51. The molecular weight excluding hydrogens is 324 g/mol. The van der Waals surface area contributed by atoms with Crippen molar-refractivity contribution in [3.05, 3.63) is 0 Å². The first kappa shape index (κ1) is 21.6. The highest BCUT2D eigenvalue weighted by Crippen LogP contribution is 2.25. The van der Waals surface area contributed by atoms with Crippen LogP contribution in [0.5, 0.6) is 0 Å². The van der Waals surface area contributed by atoms with Crippen LogP contribution in [0.1, 0.15) is 72.6 Å². The summed E-state index contributed by atoms with van der Waals surface area (Å²) in [5.74, 6) is 1.04. The van der Waals surface area contributed by atoms with Gasteiger partial charge in [0.25, 0.3) is 0 Å². The molecule has 1 saturated carbocycles. The van der Waals surface area contributed by atoms with E-state index in [0.717, 1.165) is 32.1 Å². The molecule has 0 radical (unpaired) electrons. The highest BCUT2D eigenvalue weighted by atomic mass is 16.8. The number of hydrogen-bond donors (Lipinski definition) is 0. The molecule has 0 aliphatic heterocycles. The van der Waals surface area contributed by atoms with Gasteiger partial charge in [-0.05, 0) is 56.8 Å². The van der Waals surface area contributed by atoms with E-state index in [0.29, 0.717) is 37.9 Å². The minimum atomic E-state index is -0.688. The predicted molar refractivity (Wildman–Crippen MR) is 94.4 cm³/mol. The molecule has 1 aliphatic carbocycles. The summed E-state index contributed by atoms with van der Waals surface area (Å²) in [5, 5.41) is 0. The van der Waals surface area contributed by atoms with Crippen molar-refractivity contribution in [2.24, 2.45) is 11.8 Å². The molecule has 146 valence electrons. The van der Waals surface area contributed by atoms with Gasteiger partial charge in [-0.15, -0.1) is 0 Å². The van der Waals surface area contributed by atoms with Crippen LogP contribution in [0.3, 0.4) is 0 Å². The van der Waals surface area contributed by atoms with Crippen LogP contribution in [0.2, 0.25) is 0 Å². The zero-order valence-electron chi connectivity index (χ0n) is 16.1. The Labute approximate surface area is 151 Å². The van der Waals surface area contributed by atoms with E-state index in [1.54, 1.807) is 0 Å². The van der Waals surface area contributed by atoms with E-state index in [2.05, 4.69) is 27.7 Å². The molecule has 2 unspecified atom stereocenters. The van der Waals surface area contributed by atoms with Crippen molar-refractivity contribution in [1.29, 1.82) is 0 Å². The van der Waals surface area contributed by atoms with E-state index in [-0.39, 0.29) is 0 Å². The van der Waals surface area contributed by atoms with E-state index in [4.69, 9.17) is 18.9 Å². The molecule has 1 rings (SSSR count). The third-order valence-corrected chi connectivity index (χ3v) is 4.20. The summed E-state index contributed by atoms with van der Waals surface area (Å²) >= 11 is 0. The minimum Gasteiger partial charge on any atom is -0.434 e. The average Bonchev–Trinajstić information content (AvgIpc) is 2.53. The summed E-state index contributed by atoms with van der Waals surface area (Å²) < 4.78 is 20.9. The Balaban J connectivity index is 2.32. The fraction of sp³-hybridized carbons (Fsp3) is 0.895. The van der Waals surface area contributed by atoms with Crippen molar-refractivity contribution >= 4 is 12.3 Å². The summed E-state index contributed by atoms with van der Waals surface area (Å²) in [4.78, 5) is 23.6. The second-order valence-corrected chi connectivity index (χ2v) is 7.51. The van der Waals surface area contributed by atoms with Gasteiger partial charge in [0.2, 0.25) is 0 Å². The van der Waals surface area contributed by atoms with Crippen molar-refractivity contribution in [2.75, 3.05) is 13.2 Å². The van der Waals surface area contributed by atoms with Crippen LogP contribution in [-0.4, -0.2) is 37.7 Å². The largest absolute Gasteiger partial charge is 0.508 e. The first-order valence-corrected chi connectivity index (χ1v) is 9.55. The molecule has 0 heterocycles. The van der Waals surface area contributed by atoms with Crippen molar-refractivity contribution < 1.29 is 28.5 Å². The lowest BCUT2D eigenvalue weighted by Gasteiger charge is -2.29.